The van der Waals surface area contributed by atoms with Crippen molar-refractivity contribution >= 4 is 23.1 Å². The summed E-state index contributed by atoms with van der Waals surface area (Å²) in [4.78, 5) is 5.70. The molecule has 102 valence electrons. The van der Waals surface area contributed by atoms with E-state index in [0.717, 1.165) is 0 Å². The van der Waals surface area contributed by atoms with E-state index in [1.165, 1.54) is 4.52 Å². The summed E-state index contributed by atoms with van der Waals surface area (Å²) in [6, 6.07) is 3.26. The van der Waals surface area contributed by atoms with Crippen LogP contribution in [0.4, 0.5) is 14.6 Å². The predicted octanol–water partition coefficient (Wildman–Crippen LogP) is 2.86. The second-order valence-corrected chi connectivity index (χ2v) is 5.87. The van der Waals surface area contributed by atoms with Crippen LogP contribution in [0.1, 0.15) is 13.8 Å². The summed E-state index contributed by atoms with van der Waals surface area (Å²) in [7, 11) is 0. The summed E-state index contributed by atoms with van der Waals surface area (Å²) in [5.41, 5.74) is -0.530. The molecule has 0 saturated carbocycles. The van der Waals surface area contributed by atoms with Gasteiger partial charge in [-0.15, -0.1) is 0 Å². The lowest BCUT2D eigenvalue weighted by Crippen LogP contribution is -2.34. The number of alkyl halides is 2. The molecule has 3 heterocycles. The second kappa shape index (κ2) is 3.79. The first kappa shape index (κ1) is 12.6. The SMILES string of the molecule is CC1(C)CN(c2cc(Cl)nc3ccnn23)CC1(F)F. The molecule has 0 bridgehead atoms. The summed E-state index contributed by atoms with van der Waals surface area (Å²) < 4.78 is 29.5. The number of anilines is 1. The molecule has 0 aromatic carbocycles. The Morgan fingerprint density at radius 2 is 2.05 bits per heavy atom. The monoisotopic (exact) mass is 286 g/mol. The molecule has 0 N–H and O–H groups in total. The number of rotatable bonds is 1. The van der Waals surface area contributed by atoms with Crippen LogP contribution in [0.3, 0.4) is 0 Å². The van der Waals surface area contributed by atoms with Crippen LogP contribution in [0, 0.1) is 5.41 Å². The van der Waals surface area contributed by atoms with E-state index >= 15 is 0 Å². The molecule has 1 fully saturated rings. The molecule has 0 amide bonds. The number of hydrogen-bond acceptors (Lipinski definition) is 3. The van der Waals surface area contributed by atoms with Crippen molar-refractivity contribution in [2.45, 2.75) is 19.8 Å². The number of fused-ring (bicyclic) bond motifs is 1. The zero-order chi connectivity index (χ0) is 13.8. The lowest BCUT2D eigenvalue weighted by atomic mass is 9.89. The molecule has 7 heteroatoms. The fourth-order valence-corrected chi connectivity index (χ4v) is 2.54. The van der Waals surface area contributed by atoms with Crippen LogP contribution in [0.15, 0.2) is 18.3 Å². The van der Waals surface area contributed by atoms with Crippen molar-refractivity contribution < 1.29 is 8.78 Å². The van der Waals surface area contributed by atoms with E-state index in [4.69, 9.17) is 11.6 Å². The Bertz CT molecular complexity index is 622. The molecule has 0 aliphatic carbocycles. The molecular weight excluding hydrogens is 274 g/mol. The Balaban J connectivity index is 2.09. The lowest BCUT2D eigenvalue weighted by molar-refractivity contribution is -0.0642. The number of aromatic nitrogens is 3. The zero-order valence-corrected chi connectivity index (χ0v) is 11.3. The van der Waals surface area contributed by atoms with E-state index in [-0.39, 0.29) is 18.2 Å². The van der Waals surface area contributed by atoms with E-state index in [1.54, 1.807) is 37.1 Å². The number of hydrogen-bond donors (Lipinski definition) is 0. The number of halogens is 3. The van der Waals surface area contributed by atoms with Gasteiger partial charge in [-0.05, 0) is 0 Å². The first-order valence-corrected chi connectivity index (χ1v) is 6.31. The average molecular weight is 287 g/mol. The maximum atomic E-state index is 14.0. The van der Waals surface area contributed by atoms with E-state index < -0.39 is 11.3 Å². The molecule has 1 aliphatic rings. The van der Waals surface area contributed by atoms with Gasteiger partial charge in [0.15, 0.2) is 5.65 Å². The van der Waals surface area contributed by atoms with Crippen LogP contribution in [-0.4, -0.2) is 33.6 Å². The van der Waals surface area contributed by atoms with Gasteiger partial charge in [0.2, 0.25) is 0 Å². The summed E-state index contributed by atoms with van der Waals surface area (Å²) in [5.74, 6) is -2.20. The molecule has 1 aliphatic heterocycles. The molecule has 2 aromatic rings. The van der Waals surface area contributed by atoms with Crippen molar-refractivity contribution in [1.82, 2.24) is 14.6 Å². The Labute approximate surface area is 114 Å². The molecule has 1 saturated heterocycles. The lowest BCUT2D eigenvalue weighted by Gasteiger charge is -2.24. The van der Waals surface area contributed by atoms with Gasteiger partial charge < -0.3 is 4.90 Å². The molecular formula is C12H13ClF2N4. The third-order valence-electron chi connectivity index (χ3n) is 3.60. The molecule has 19 heavy (non-hydrogen) atoms. The quantitative estimate of drug-likeness (QED) is 0.756. The summed E-state index contributed by atoms with van der Waals surface area (Å²) >= 11 is 5.93. The fraction of sp³-hybridized carbons (Fsp3) is 0.500. The third-order valence-corrected chi connectivity index (χ3v) is 3.79. The minimum Gasteiger partial charge on any atom is -0.350 e. The average Bonchev–Trinajstić information content (AvgIpc) is 2.80. The highest BCUT2D eigenvalue weighted by atomic mass is 35.5. The van der Waals surface area contributed by atoms with Crippen molar-refractivity contribution in [1.29, 1.82) is 0 Å². The van der Waals surface area contributed by atoms with Crippen molar-refractivity contribution in [2.75, 3.05) is 18.0 Å². The molecule has 0 radical (unpaired) electrons. The van der Waals surface area contributed by atoms with Crippen molar-refractivity contribution in [2.24, 2.45) is 5.41 Å². The first-order valence-electron chi connectivity index (χ1n) is 5.93. The van der Waals surface area contributed by atoms with Crippen LogP contribution >= 0.6 is 11.6 Å². The van der Waals surface area contributed by atoms with Crippen molar-refractivity contribution in [3.8, 4) is 0 Å². The normalized spacial score (nSPS) is 21.2. The van der Waals surface area contributed by atoms with Crippen LogP contribution in [-0.2, 0) is 0 Å². The fourth-order valence-electron chi connectivity index (χ4n) is 2.36. The topological polar surface area (TPSA) is 33.4 Å². The van der Waals surface area contributed by atoms with Gasteiger partial charge in [0.1, 0.15) is 11.0 Å². The maximum Gasteiger partial charge on any atom is 0.271 e. The highest BCUT2D eigenvalue weighted by Crippen LogP contribution is 2.44. The van der Waals surface area contributed by atoms with Gasteiger partial charge in [-0.25, -0.2) is 13.8 Å². The van der Waals surface area contributed by atoms with Crippen LogP contribution in [0.25, 0.3) is 5.65 Å². The maximum absolute atomic E-state index is 14.0. The van der Waals surface area contributed by atoms with Gasteiger partial charge in [0.05, 0.1) is 12.7 Å². The Morgan fingerprint density at radius 3 is 2.68 bits per heavy atom. The van der Waals surface area contributed by atoms with E-state index in [9.17, 15) is 8.78 Å². The highest BCUT2D eigenvalue weighted by molar-refractivity contribution is 6.29. The molecule has 0 atom stereocenters. The highest BCUT2D eigenvalue weighted by Gasteiger charge is 2.54. The van der Waals surface area contributed by atoms with Gasteiger partial charge in [-0.2, -0.15) is 9.61 Å². The summed E-state index contributed by atoms with van der Waals surface area (Å²) in [5, 5.41) is 4.38. The molecule has 0 spiro atoms. The van der Waals surface area contributed by atoms with Crippen LogP contribution < -0.4 is 4.90 Å². The van der Waals surface area contributed by atoms with Crippen molar-refractivity contribution in [3.63, 3.8) is 0 Å². The standard InChI is InChI=1S/C12H13ClF2N4/c1-11(2)6-18(7-12(11,14)15)10-5-8(13)17-9-3-4-16-19(9)10/h3-5H,6-7H2,1-2H3. The van der Waals surface area contributed by atoms with E-state index in [0.29, 0.717) is 11.5 Å². The zero-order valence-electron chi connectivity index (χ0n) is 10.6. The summed E-state index contributed by atoms with van der Waals surface area (Å²) in [6.07, 6.45) is 1.57. The smallest absolute Gasteiger partial charge is 0.271 e. The van der Waals surface area contributed by atoms with Crippen molar-refractivity contribution in [3.05, 3.63) is 23.5 Å². The molecule has 4 nitrogen and oxygen atoms in total. The van der Waals surface area contributed by atoms with E-state index in [2.05, 4.69) is 10.1 Å². The van der Waals surface area contributed by atoms with Crippen LogP contribution in [0.5, 0.6) is 0 Å². The van der Waals surface area contributed by atoms with Gasteiger partial charge in [-0.3, -0.25) is 0 Å². The van der Waals surface area contributed by atoms with Gasteiger partial charge in [0, 0.05) is 24.1 Å². The van der Waals surface area contributed by atoms with Gasteiger partial charge in [-0.1, -0.05) is 25.4 Å². The minimum absolute atomic E-state index is 0.245. The van der Waals surface area contributed by atoms with Gasteiger partial charge >= 0.3 is 0 Å². The largest absolute Gasteiger partial charge is 0.350 e. The predicted molar refractivity (Wildman–Crippen MR) is 68.9 cm³/mol. The van der Waals surface area contributed by atoms with E-state index in [1.807, 2.05) is 0 Å². The Morgan fingerprint density at radius 1 is 1.32 bits per heavy atom. The van der Waals surface area contributed by atoms with Gasteiger partial charge in [0.25, 0.3) is 5.92 Å². The minimum atomic E-state index is -2.75. The Hall–Kier alpha value is -1.43. The first-order chi connectivity index (χ1) is 8.80. The molecule has 0 unspecified atom stereocenters. The molecule has 2 aromatic heterocycles. The second-order valence-electron chi connectivity index (χ2n) is 5.48. The number of nitrogens with zero attached hydrogens (tertiary/aromatic N) is 4. The Kier molecular flexibility index (Phi) is 2.51. The van der Waals surface area contributed by atoms with Crippen LogP contribution in [0.2, 0.25) is 5.15 Å². The molecule has 3 rings (SSSR count). The summed E-state index contributed by atoms with van der Waals surface area (Å²) in [6.45, 7) is 3.04. The third kappa shape index (κ3) is 1.85.